The van der Waals surface area contributed by atoms with Crippen LogP contribution in [0.2, 0.25) is 0 Å². The summed E-state index contributed by atoms with van der Waals surface area (Å²) in [5, 5.41) is 12.2. The van der Waals surface area contributed by atoms with E-state index in [1.807, 2.05) is 41.5 Å². The number of ketones is 1. The Kier molecular flexibility index (Phi) is 24.5. The SMILES string of the molecule is CC(C)=S.CCC(C)C(C)(C)C(=O)CCCc1ccc(C#N)c(C(F)(F)F)c1.Cc1ccc(NCCCOCCOCCOCCN)cc1. The van der Waals surface area contributed by atoms with Crippen LogP contribution in [0.5, 0.6) is 0 Å². The Morgan fingerprint density at radius 1 is 0.959 bits per heavy atom. The third-order valence-corrected chi connectivity index (χ3v) is 7.79. The predicted octanol–water partition coefficient (Wildman–Crippen LogP) is 8.74. The number of ether oxygens (including phenoxy) is 3. The van der Waals surface area contributed by atoms with Gasteiger partial charge in [0.1, 0.15) is 5.78 Å². The number of carbonyl (C=O) groups is 1. The molecule has 0 amide bonds. The number of hydrogen-bond donors (Lipinski definition) is 2. The lowest BCUT2D eigenvalue weighted by molar-refractivity contribution is -0.137. The number of thiocarbonyl (C=S) groups is 1. The Labute approximate surface area is 298 Å². The zero-order valence-corrected chi connectivity index (χ0v) is 31.3. The van der Waals surface area contributed by atoms with E-state index < -0.39 is 17.2 Å². The van der Waals surface area contributed by atoms with Crippen molar-refractivity contribution in [2.45, 2.75) is 86.7 Å². The molecule has 0 bridgehead atoms. The van der Waals surface area contributed by atoms with Crippen molar-refractivity contribution in [1.82, 2.24) is 0 Å². The quantitative estimate of drug-likeness (QED) is 0.104. The van der Waals surface area contributed by atoms with Gasteiger partial charge in [-0.05, 0) is 80.6 Å². The number of hydrogen-bond acceptors (Lipinski definition) is 8. The molecule has 7 nitrogen and oxygen atoms in total. The number of aryl methyl sites for hydroxylation is 2. The van der Waals surface area contributed by atoms with Crippen LogP contribution in [0.1, 0.15) is 89.5 Å². The second-order valence-corrected chi connectivity index (χ2v) is 13.3. The number of benzene rings is 2. The van der Waals surface area contributed by atoms with Gasteiger partial charge in [0.15, 0.2) is 0 Å². The Bertz CT molecular complexity index is 1240. The van der Waals surface area contributed by atoms with E-state index in [9.17, 15) is 18.0 Å². The van der Waals surface area contributed by atoms with E-state index in [2.05, 4.69) is 48.7 Å². The molecule has 0 aliphatic carbocycles. The van der Waals surface area contributed by atoms with Gasteiger partial charge < -0.3 is 25.3 Å². The van der Waals surface area contributed by atoms with Crippen LogP contribution >= 0.6 is 12.2 Å². The maximum absolute atomic E-state index is 12.9. The summed E-state index contributed by atoms with van der Waals surface area (Å²) < 4.78 is 54.9. The van der Waals surface area contributed by atoms with Crippen LogP contribution in [0.4, 0.5) is 18.9 Å². The number of anilines is 1. The molecule has 1 unspecified atom stereocenters. The second-order valence-electron chi connectivity index (χ2n) is 12.5. The topological polar surface area (TPSA) is 107 Å². The Balaban J connectivity index is 0.000000853. The molecule has 2 aromatic rings. The molecular formula is C38H58F3N3O4S. The second kappa shape index (κ2) is 26.0. The molecule has 2 aromatic carbocycles. The first-order valence-corrected chi connectivity index (χ1v) is 17.3. The maximum atomic E-state index is 12.9. The molecule has 0 aliphatic heterocycles. The van der Waals surface area contributed by atoms with Crippen molar-refractivity contribution in [3.05, 3.63) is 64.7 Å². The smallest absolute Gasteiger partial charge is 0.385 e. The Hall–Kier alpha value is -2.88. The molecule has 1 atom stereocenters. The minimum absolute atomic E-state index is 0.140. The number of nitrogens with one attached hydrogen (secondary N) is 1. The molecule has 0 saturated heterocycles. The van der Waals surface area contributed by atoms with Crippen LogP contribution in [0, 0.1) is 29.6 Å². The molecule has 0 heterocycles. The average molecular weight is 710 g/mol. The molecule has 0 saturated carbocycles. The van der Waals surface area contributed by atoms with Crippen molar-refractivity contribution in [3.8, 4) is 6.07 Å². The highest BCUT2D eigenvalue weighted by Gasteiger charge is 2.34. The van der Waals surface area contributed by atoms with Crippen LogP contribution in [0.15, 0.2) is 42.5 Å². The first-order chi connectivity index (χ1) is 23.1. The monoisotopic (exact) mass is 709 g/mol. The first kappa shape index (κ1) is 46.1. The number of nitrogens with zero attached hydrogens (tertiary/aromatic N) is 1. The third kappa shape index (κ3) is 21.7. The summed E-state index contributed by atoms with van der Waals surface area (Å²) in [6.07, 6.45) is -1.43. The fourth-order valence-electron chi connectivity index (χ4n) is 4.34. The number of carbonyl (C=O) groups excluding carboxylic acids is 1. The number of halogens is 3. The molecule has 0 radical (unpaired) electrons. The molecular weight excluding hydrogens is 651 g/mol. The molecule has 276 valence electrons. The largest absolute Gasteiger partial charge is 0.417 e. The highest BCUT2D eigenvalue weighted by Crippen LogP contribution is 2.34. The molecule has 3 N–H and O–H groups in total. The van der Waals surface area contributed by atoms with Gasteiger partial charge in [-0.15, -0.1) is 0 Å². The summed E-state index contributed by atoms with van der Waals surface area (Å²) in [5.41, 5.74) is 6.52. The summed E-state index contributed by atoms with van der Waals surface area (Å²) in [4.78, 5) is 13.4. The lowest BCUT2D eigenvalue weighted by atomic mass is 9.74. The predicted molar refractivity (Wildman–Crippen MR) is 197 cm³/mol. The van der Waals surface area contributed by atoms with Gasteiger partial charge in [0, 0.05) is 37.2 Å². The van der Waals surface area contributed by atoms with Crippen LogP contribution < -0.4 is 11.1 Å². The van der Waals surface area contributed by atoms with Crippen molar-refractivity contribution < 1.29 is 32.2 Å². The van der Waals surface area contributed by atoms with Gasteiger partial charge in [-0.3, -0.25) is 4.79 Å². The van der Waals surface area contributed by atoms with Gasteiger partial charge in [0.2, 0.25) is 0 Å². The normalized spacial score (nSPS) is 11.7. The highest BCUT2D eigenvalue weighted by molar-refractivity contribution is 7.80. The number of nitriles is 1. The standard InChI is InChI=1S/C19H24F3NO.C16H28N2O3.C3H6S/c1-5-13(2)18(3,4)17(24)8-6-7-14-9-10-15(12-23)16(11-14)19(20,21)22;1-15-3-5-16(6-4-15)18-8-2-9-19-11-13-21-14-12-20-10-7-17;1-3(2)4/h9-11,13H,5-8H2,1-4H3;3-6,18H,2,7-14,17H2,1H3;1-2H3. The number of Topliss-reactive ketones (excluding diaryl/α,β-unsaturated/α-hetero) is 1. The molecule has 2 rings (SSSR count). The van der Waals surface area contributed by atoms with E-state index in [4.69, 9.17) is 25.2 Å². The van der Waals surface area contributed by atoms with E-state index in [-0.39, 0.29) is 17.3 Å². The number of nitrogens with two attached hydrogens (primary N) is 1. The summed E-state index contributed by atoms with van der Waals surface area (Å²) in [7, 11) is 0. The van der Waals surface area contributed by atoms with Gasteiger partial charge in [0.25, 0.3) is 0 Å². The van der Waals surface area contributed by atoms with E-state index in [1.54, 1.807) is 6.07 Å². The molecule has 0 fully saturated rings. The first-order valence-electron chi connectivity index (χ1n) is 16.9. The van der Waals surface area contributed by atoms with Gasteiger partial charge in [-0.1, -0.05) is 70.1 Å². The Morgan fingerprint density at radius 2 is 1.51 bits per heavy atom. The summed E-state index contributed by atoms with van der Waals surface area (Å²) in [5.74, 6) is 0.401. The van der Waals surface area contributed by atoms with Crippen LogP contribution in [-0.4, -0.2) is 63.4 Å². The average Bonchev–Trinajstić information content (AvgIpc) is 3.05. The van der Waals surface area contributed by atoms with E-state index >= 15 is 0 Å². The van der Waals surface area contributed by atoms with Crippen LogP contribution in [0.3, 0.4) is 0 Å². The molecule has 11 heteroatoms. The fraction of sp³-hybridized carbons (Fsp3) is 0.605. The number of alkyl halides is 3. The molecule has 0 aromatic heterocycles. The van der Waals surface area contributed by atoms with Gasteiger partial charge in [-0.25, -0.2) is 0 Å². The van der Waals surface area contributed by atoms with Crippen molar-refractivity contribution >= 4 is 28.6 Å². The van der Waals surface area contributed by atoms with Gasteiger partial charge >= 0.3 is 6.18 Å². The molecule has 0 aliphatic rings. The molecule has 49 heavy (non-hydrogen) atoms. The van der Waals surface area contributed by atoms with Crippen LogP contribution in [0.25, 0.3) is 0 Å². The van der Waals surface area contributed by atoms with Crippen molar-refractivity contribution in [1.29, 1.82) is 5.26 Å². The third-order valence-electron chi connectivity index (χ3n) is 7.79. The lowest BCUT2D eigenvalue weighted by Crippen LogP contribution is -2.31. The Morgan fingerprint density at radius 3 is 2.02 bits per heavy atom. The van der Waals surface area contributed by atoms with E-state index in [1.165, 1.54) is 17.7 Å². The summed E-state index contributed by atoms with van der Waals surface area (Å²) in [6.45, 7) is 19.0. The zero-order valence-electron chi connectivity index (χ0n) is 30.5. The molecule has 0 spiro atoms. The summed E-state index contributed by atoms with van der Waals surface area (Å²) >= 11 is 4.54. The number of rotatable bonds is 20. The van der Waals surface area contributed by atoms with Crippen molar-refractivity contribution in [2.24, 2.45) is 17.1 Å². The lowest BCUT2D eigenvalue weighted by Gasteiger charge is -2.29. The van der Waals surface area contributed by atoms with E-state index in [0.717, 1.165) is 42.6 Å². The summed E-state index contributed by atoms with van der Waals surface area (Å²) in [6, 6.07) is 13.7. The van der Waals surface area contributed by atoms with Gasteiger partial charge in [-0.2, -0.15) is 18.4 Å². The minimum Gasteiger partial charge on any atom is -0.385 e. The fourth-order valence-corrected chi connectivity index (χ4v) is 4.34. The van der Waals surface area contributed by atoms with Crippen LogP contribution in [-0.2, 0) is 31.6 Å². The van der Waals surface area contributed by atoms with Crippen molar-refractivity contribution in [3.63, 3.8) is 0 Å². The maximum Gasteiger partial charge on any atom is 0.417 e. The van der Waals surface area contributed by atoms with E-state index in [0.29, 0.717) is 64.4 Å². The van der Waals surface area contributed by atoms with Gasteiger partial charge in [0.05, 0.1) is 50.2 Å². The highest BCUT2D eigenvalue weighted by atomic mass is 32.1. The minimum atomic E-state index is -4.55. The zero-order chi connectivity index (χ0) is 37.3. The van der Waals surface area contributed by atoms with Crippen molar-refractivity contribution in [2.75, 3.05) is 58.0 Å².